The molecule has 1 heterocycles. The maximum atomic E-state index is 2.64. The van der Waals surface area contributed by atoms with Gasteiger partial charge in [0, 0.05) is 36.9 Å². The van der Waals surface area contributed by atoms with Crippen LogP contribution >= 0.6 is 11.3 Å². The normalized spacial score (nSPS) is 17.6. The molecule has 0 spiro atoms. The summed E-state index contributed by atoms with van der Waals surface area (Å²) in [5, 5.41) is 13.4. The topological polar surface area (TPSA) is 0 Å². The lowest BCUT2D eigenvalue weighted by Gasteiger charge is -2.28. The highest BCUT2D eigenvalue weighted by Crippen LogP contribution is 2.56. The molecule has 0 amide bonds. The molecule has 56 heavy (non-hydrogen) atoms. The van der Waals surface area contributed by atoms with Gasteiger partial charge in [0.25, 0.3) is 0 Å². The monoisotopic (exact) mass is 732 g/mol. The summed E-state index contributed by atoms with van der Waals surface area (Å²) < 4.78 is 2.77. The van der Waals surface area contributed by atoms with Gasteiger partial charge in [-0.3, -0.25) is 0 Å². The summed E-state index contributed by atoms with van der Waals surface area (Å²) in [4.78, 5) is 0. The van der Waals surface area contributed by atoms with Crippen LogP contribution in [0.1, 0.15) is 49.8 Å². The van der Waals surface area contributed by atoms with Crippen LogP contribution in [0.4, 0.5) is 0 Å². The molecule has 3 aliphatic rings. The Morgan fingerprint density at radius 3 is 1.93 bits per heavy atom. The van der Waals surface area contributed by atoms with E-state index < -0.39 is 0 Å². The molecule has 266 valence electrons. The Bertz CT molecular complexity index is 3240. The van der Waals surface area contributed by atoms with E-state index in [1.165, 1.54) is 113 Å². The SMILES string of the molecule is CC1(C)C2=CCC(C3=CCCC(c4c5ccccc5c(-c5cccc6ccccc56)c5ccccc45)=C3)C=C2c2c1ccc1c2ccc2c3ccccc3sc12. The van der Waals surface area contributed by atoms with Gasteiger partial charge in [-0.25, -0.2) is 0 Å². The van der Waals surface area contributed by atoms with Crippen molar-refractivity contribution in [1.82, 2.24) is 0 Å². The maximum Gasteiger partial charge on any atom is 0.0434 e. The van der Waals surface area contributed by atoms with Crippen molar-refractivity contribution >= 4 is 85.7 Å². The van der Waals surface area contributed by atoms with E-state index in [2.05, 4.69) is 178 Å². The quantitative estimate of drug-likeness (QED) is 0.159. The molecular formula is C55H40S. The zero-order valence-corrected chi connectivity index (χ0v) is 32.5. The molecule has 0 bridgehead atoms. The highest BCUT2D eigenvalue weighted by molar-refractivity contribution is 7.26. The van der Waals surface area contributed by atoms with Crippen LogP contribution in [0.5, 0.6) is 0 Å². The summed E-state index contributed by atoms with van der Waals surface area (Å²) in [6.07, 6.45) is 13.5. The van der Waals surface area contributed by atoms with Crippen LogP contribution in [-0.2, 0) is 5.41 Å². The Morgan fingerprint density at radius 1 is 0.536 bits per heavy atom. The highest BCUT2D eigenvalue weighted by Gasteiger charge is 2.41. The van der Waals surface area contributed by atoms with Crippen molar-refractivity contribution in [2.45, 2.75) is 38.5 Å². The molecule has 0 radical (unpaired) electrons. The number of fused-ring (bicyclic) bond motifs is 12. The van der Waals surface area contributed by atoms with Crippen LogP contribution in [-0.4, -0.2) is 0 Å². The summed E-state index contributed by atoms with van der Waals surface area (Å²) in [7, 11) is 0. The Balaban J connectivity index is 1.01. The zero-order chi connectivity index (χ0) is 37.1. The van der Waals surface area contributed by atoms with Gasteiger partial charge in [-0.1, -0.05) is 172 Å². The Labute approximate surface area is 331 Å². The van der Waals surface area contributed by atoms with Gasteiger partial charge in [-0.15, -0.1) is 11.3 Å². The number of hydrogen-bond donors (Lipinski definition) is 0. The van der Waals surface area contributed by atoms with Crippen LogP contribution < -0.4 is 0 Å². The largest absolute Gasteiger partial charge is 0.135 e. The van der Waals surface area contributed by atoms with Gasteiger partial charge in [0.05, 0.1) is 0 Å². The third-order valence-corrected chi connectivity index (χ3v) is 14.5. The fourth-order valence-electron chi connectivity index (χ4n) is 10.7. The Morgan fingerprint density at radius 2 is 1.14 bits per heavy atom. The van der Waals surface area contributed by atoms with E-state index in [1.807, 2.05) is 11.3 Å². The highest BCUT2D eigenvalue weighted by atomic mass is 32.1. The second-order valence-electron chi connectivity index (χ2n) is 16.6. The first kappa shape index (κ1) is 32.2. The van der Waals surface area contributed by atoms with E-state index >= 15 is 0 Å². The molecule has 9 aromatic rings. The summed E-state index contributed by atoms with van der Waals surface area (Å²) >= 11 is 1.94. The smallest absolute Gasteiger partial charge is 0.0434 e. The van der Waals surface area contributed by atoms with E-state index in [0.29, 0.717) is 5.92 Å². The Hall–Kier alpha value is -6.02. The van der Waals surface area contributed by atoms with Crippen molar-refractivity contribution in [3.8, 4) is 11.1 Å². The standard InChI is InChI=1S/C55H40S/c1-55(2)48-29-25-35(32-47(48)53-44-26-27-45-38-18-9-10-24-50(38)56-54(45)46(44)28-30-49(53)55)34-15-11-16-36(31-34)51-40-19-5-7-21-42(40)52(43-22-8-6-20-41(43)51)39-23-12-14-33-13-3-4-17-37(33)39/h3-10,12-15,17-24,26-32,35H,11,16,25H2,1-2H3. The third-order valence-electron chi connectivity index (χ3n) is 13.3. The van der Waals surface area contributed by atoms with Crippen molar-refractivity contribution in [2.75, 3.05) is 0 Å². The number of thiophene rings is 1. The number of rotatable bonds is 3. The summed E-state index contributed by atoms with van der Waals surface area (Å²) in [6.45, 7) is 4.86. The van der Waals surface area contributed by atoms with Crippen molar-refractivity contribution in [3.05, 3.63) is 192 Å². The van der Waals surface area contributed by atoms with E-state index in [9.17, 15) is 0 Å². The number of allylic oxidation sites excluding steroid dienone is 8. The number of hydrogen-bond acceptors (Lipinski definition) is 1. The van der Waals surface area contributed by atoms with E-state index in [0.717, 1.165) is 19.3 Å². The predicted molar refractivity (Wildman–Crippen MR) is 244 cm³/mol. The molecule has 3 aliphatic carbocycles. The van der Waals surface area contributed by atoms with E-state index in [-0.39, 0.29) is 5.41 Å². The molecule has 0 aliphatic heterocycles. The first-order chi connectivity index (χ1) is 27.5. The zero-order valence-electron chi connectivity index (χ0n) is 31.7. The van der Waals surface area contributed by atoms with Gasteiger partial charge >= 0.3 is 0 Å². The average Bonchev–Trinajstić information content (AvgIpc) is 3.74. The predicted octanol–water partition coefficient (Wildman–Crippen LogP) is 15.8. The van der Waals surface area contributed by atoms with Crippen LogP contribution in [0, 0.1) is 5.92 Å². The molecule has 0 saturated heterocycles. The molecule has 12 rings (SSSR count). The second-order valence-corrected chi connectivity index (χ2v) is 17.6. The van der Waals surface area contributed by atoms with Gasteiger partial charge in [-0.05, 0) is 113 Å². The van der Waals surface area contributed by atoms with Gasteiger partial charge in [0.15, 0.2) is 0 Å². The van der Waals surface area contributed by atoms with Crippen molar-refractivity contribution in [3.63, 3.8) is 0 Å². The van der Waals surface area contributed by atoms with Gasteiger partial charge in [0.1, 0.15) is 0 Å². The minimum atomic E-state index is -0.0267. The molecule has 0 fully saturated rings. The van der Waals surface area contributed by atoms with Crippen molar-refractivity contribution in [2.24, 2.45) is 5.92 Å². The van der Waals surface area contributed by atoms with Crippen LogP contribution in [0.3, 0.4) is 0 Å². The van der Waals surface area contributed by atoms with Crippen molar-refractivity contribution in [1.29, 1.82) is 0 Å². The summed E-state index contributed by atoms with van der Waals surface area (Å²) in [5.41, 5.74) is 12.8. The molecule has 1 atom stereocenters. The first-order valence-electron chi connectivity index (χ1n) is 20.2. The molecule has 0 nitrogen and oxygen atoms in total. The van der Waals surface area contributed by atoms with Crippen LogP contribution in [0.15, 0.2) is 175 Å². The Kier molecular flexibility index (Phi) is 6.90. The first-order valence-corrected chi connectivity index (χ1v) is 21.0. The molecule has 1 aromatic heterocycles. The molecule has 0 N–H and O–H groups in total. The van der Waals surface area contributed by atoms with Crippen LogP contribution in [0.25, 0.3) is 85.5 Å². The van der Waals surface area contributed by atoms with E-state index in [4.69, 9.17) is 0 Å². The van der Waals surface area contributed by atoms with Crippen molar-refractivity contribution < 1.29 is 0 Å². The summed E-state index contributed by atoms with van der Waals surface area (Å²) in [5.74, 6) is 0.335. The summed E-state index contributed by atoms with van der Waals surface area (Å²) in [6, 6.07) is 52.4. The van der Waals surface area contributed by atoms with Gasteiger partial charge < -0.3 is 0 Å². The van der Waals surface area contributed by atoms with Gasteiger partial charge in [-0.2, -0.15) is 0 Å². The molecule has 1 heteroatoms. The average molecular weight is 733 g/mol. The molecule has 1 unspecified atom stereocenters. The lowest BCUT2D eigenvalue weighted by molar-refractivity contribution is 0.646. The number of benzene rings is 8. The minimum absolute atomic E-state index is 0.0267. The fourth-order valence-corrected chi connectivity index (χ4v) is 11.9. The van der Waals surface area contributed by atoms with Crippen LogP contribution in [0.2, 0.25) is 0 Å². The maximum absolute atomic E-state index is 2.64. The molecule has 0 saturated carbocycles. The third kappa shape index (κ3) is 4.52. The van der Waals surface area contributed by atoms with Gasteiger partial charge in [0.2, 0.25) is 0 Å². The molecular weight excluding hydrogens is 693 g/mol. The second kappa shape index (κ2) is 12.0. The fraction of sp³-hybridized carbons (Fsp3) is 0.127. The lowest BCUT2D eigenvalue weighted by atomic mass is 9.76. The minimum Gasteiger partial charge on any atom is -0.135 e. The van der Waals surface area contributed by atoms with E-state index in [1.54, 1.807) is 0 Å². The lowest BCUT2D eigenvalue weighted by Crippen LogP contribution is -2.17. The molecule has 8 aromatic carbocycles.